The Morgan fingerprint density at radius 1 is 1.64 bits per heavy atom. The molecule has 0 spiro atoms. The van der Waals surface area contributed by atoms with Crippen molar-refractivity contribution in [3.8, 4) is 18.1 Å². The SMILES string of the molecule is C#CCOc1cccc([N+](=O)[O-])c1N. The van der Waals surface area contributed by atoms with E-state index in [2.05, 4.69) is 5.92 Å². The van der Waals surface area contributed by atoms with Crippen LogP contribution in [0, 0.1) is 22.5 Å². The van der Waals surface area contributed by atoms with Crippen LogP contribution in [0.5, 0.6) is 5.75 Å². The molecule has 0 aromatic heterocycles. The number of anilines is 1. The van der Waals surface area contributed by atoms with Gasteiger partial charge in [-0.05, 0) is 6.07 Å². The molecule has 72 valence electrons. The topological polar surface area (TPSA) is 78.4 Å². The molecule has 0 aliphatic carbocycles. The first-order valence-electron chi connectivity index (χ1n) is 3.76. The summed E-state index contributed by atoms with van der Waals surface area (Å²) < 4.78 is 5.01. The van der Waals surface area contributed by atoms with Crippen molar-refractivity contribution in [3.63, 3.8) is 0 Å². The van der Waals surface area contributed by atoms with Gasteiger partial charge in [-0.25, -0.2) is 0 Å². The van der Waals surface area contributed by atoms with Gasteiger partial charge in [0.15, 0.2) is 11.4 Å². The highest BCUT2D eigenvalue weighted by Crippen LogP contribution is 2.30. The maximum atomic E-state index is 10.5. The van der Waals surface area contributed by atoms with Crippen molar-refractivity contribution < 1.29 is 9.66 Å². The zero-order valence-electron chi connectivity index (χ0n) is 7.27. The van der Waals surface area contributed by atoms with Crippen molar-refractivity contribution in [1.29, 1.82) is 0 Å². The number of nitrogens with zero attached hydrogens (tertiary/aromatic N) is 1. The number of ether oxygens (including phenoxy) is 1. The molecule has 5 nitrogen and oxygen atoms in total. The van der Waals surface area contributed by atoms with Crippen molar-refractivity contribution in [1.82, 2.24) is 0 Å². The number of terminal acetylenes is 1. The molecule has 0 fully saturated rings. The lowest BCUT2D eigenvalue weighted by molar-refractivity contribution is -0.384. The molecular formula is C9H8N2O3. The highest BCUT2D eigenvalue weighted by Gasteiger charge is 2.14. The van der Waals surface area contributed by atoms with Gasteiger partial charge in [-0.3, -0.25) is 10.1 Å². The summed E-state index contributed by atoms with van der Waals surface area (Å²) in [4.78, 5) is 9.91. The van der Waals surface area contributed by atoms with Crippen LogP contribution in [0.25, 0.3) is 0 Å². The van der Waals surface area contributed by atoms with E-state index in [-0.39, 0.29) is 23.7 Å². The van der Waals surface area contributed by atoms with E-state index in [1.165, 1.54) is 18.2 Å². The van der Waals surface area contributed by atoms with Gasteiger partial charge >= 0.3 is 0 Å². The quantitative estimate of drug-likeness (QED) is 0.337. The van der Waals surface area contributed by atoms with Crippen molar-refractivity contribution in [2.75, 3.05) is 12.3 Å². The second-order valence-corrected chi connectivity index (χ2v) is 2.44. The molecule has 14 heavy (non-hydrogen) atoms. The van der Waals surface area contributed by atoms with Gasteiger partial charge in [0, 0.05) is 6.07 Å². The standard InChI is InChI=1S/C9H8N2O3/c1-2-6-14-8-5-3-4-7(9(8)10)11(12)13/h1,3-5H,6,10H2. The summed E-state index contributed by atoms with van der Waals surface area (Å²) in [6.07, 6.45) is 4.97. The molecule has 2 N–H and O–H groups in total. The lowest BCUT2D eigenvalue weighted by Gasteiger charge is -2.05. The summed E-state index contributed by atoms with van der Waals surface area (Å²) in [7, 11) is 0. The lowest BCUT2D eigenvalue weighted by atomic mass is 10.2. The second-order valence-electron chi connectivity index (χ2n) is 2.44. The van der Waals surface area contributed by atoms with Crippen LogP contribution in [0.1, 0.15) is 0 Å². The summed E-state index contributed by atoms with van der Waals surface area (Å²) in [5, 5.41) is 10.5. The van der Waals surface area contributed by atoms with Gasteiger partial charge in [-0.2, -0.15) is 0 Å². The molecular weight excluding hydrogens is 184 g/mol. The van der Waals surface area contributed by atoms with Crippen molar-refractivity contribution in [2.45, 2.75) is 0 Å². The number of nitro benzene ring substituents is 1. The van der Waals surface area contributed by atoms with E-state index in [0.29, 0.717) is 0 Å². The zero-order chi connectivity index (χ0) is 10.6. The number of nitro groups is 1. The minimum atomic E-state index is -0.571. The minimum Gasteiger partial charge on any atom is -0.479 e. The largest absolute Gasteiger partial charge is 0.479 e. The van der Waals surface area contributed by atoms with E-state index in [1.807, 2.05) is 0 Å². The van der Waals surface area contributed by atoms with Crippen molar-refractivity contribution >= 4 is 11.4 Å². The minimum absolute atomic E-state index is 0.00671. The third kappa shape index (κ3) is 1.93. The fraction of sp³-hybridized carbons (Fsp3) is 0.111. The maximum Gasteiger partial charge on any atom is 0.295 e. The zero-order valence-corrected chi connectivity index (χ0v) is 7.27. The number of rotatable bonds is 3. The number of nitrogen functional groups attached to an aromatic ring is 1. The maximum absolute atomic E-state index is 10.5. The molecule has 0 unspecified atom stereocenters. The fourth-order valence-electron chi connectivity index (χ4n) is 0.937. The Kier molecular flexibility index (Phi) is 2.92. The van der Waals surface area contributed by atoms with Crippen LogP contribution in [-0.2, 0) is 0 Å². The first kappa shape index (κ1) is 9.86. The third-order valence-corrected chi connectivity index (χ3v) is 1.55. The van der Waals surface area contributed by atoms with Crippen molar-refractivity contribution in [3.05, 3.63) is 28.3 Å². The first-order chi connectivity index (χ1) is 6.66. The van der Waals surface area contributed by atoms with E-state index >= 15 is 0 Å². The Hall–Kier alpha value is -2.22. The Morgan fingerprint density at radius 2 is 2.36 bits per heavy atom. The highest BCUT2D eigenvalue weighted by molar-refractivity contribution is 5.66. The molecule has 0 aliphatic rings. The van der Waals surface area contributed by atoms with Gasteiger partial charge in [-0.1, -0.05) is 12.0 Å². The average molecular weight is 192 g/mol. The average Bonchev–Trinajstić information content (AvgIpc) is 2.16. The molecule has 5 heteroatoms. The molecule has 0 heterocycles. The van der Waals surface area contributed by atoms with Crippen LogP contribution in [0.4, 0.5) is 11.4 Å². The Bertz CT molecular complexity index is 396. The van der Waals surface area contributed by atoms with Crippen molar-refractivity contribution in [2.24, 2.45) is 0 Å². The summed E-state index contributed by atoms with van der Waals surface area (Å²) in [6, 6.07) is 4.32. The van der Waals surface area contributed by atoms with Gasteiger partial charge < -0.3 is 10.5 Å². The van der Waals surface area contributed by atoms with E-state index in [4.69, 9.17) is 16.9 Å². The molecule has 0 radical (unpaired) electrons. The Morgan fingerprint density at radius 3 is 2.93 bits per heavy atom. The predicted molar refractivity (Wildman–Crippen MR) is 51.8 cm³/mol. The van der Waals surface area contributed by atoms with E-state index in [9.17, 15) is 10.1 Å². The van der Waals surface area contributed by atoms with Gasteiger partial charge in [0.2, 0.25) is 0 Å². The molecule has 0 amide bonds. The number of nitrogens with two attached hydrogens (primary N) is 1. The Labute approximate surface area is 80.6 Å². The summed E-state index contributed by atoms with van der Waals surface area (Å²) >= 11 is 0. The normalized spacial score (nSPS) is 9.07. The van der Waals surface area contributed by atoms with E-state index < -0.39 is 4.92 Å². The fourth-order valence-corrected chi connectivity index (χ4v) is 0.937. The molecule has 1 aromatic carbocycles. The first-order valence-corrected chi connectivity index (χ1v) is 3.76. The molecule has 0 bridgehead atoms. The molecule has 1 aromatic rings. The number of hydrogen-bond acceptors (Lipinski definition) is 4. The predicted octanol–water partition coefficient (Wildman–Crippen LogP) is 1.19. The molecule has 0 aliphatic heterocycles. The Balaban J connectivity index is 3.02. The molecule has 0 atom stereocenters. The second kappa shape index (κ2) is 4.14. The number of para-hydroxylation sites is 1. The summed E-state index contributed by atoms with van der Waals surface area (Å²) in [5.74, 6) is 2.48. The molecule has 1 rings (SSSR count). The smallest absolute Gasteiger partial charge is 0.295 e. The van der Waals surface area contributed by atoms with Gasteiger partial charge in [0.05, 0.1) is 4.92 Å². The van der Waals surface area contributed by atoms with E-state index in [1.54, 1.807) is 0 Å². The van der Waals surface area contributed by atoms with Crippen LogP contribution >= 0.6 is 0 Å². The summed E-state index contributed by atoms with van der Waals surface area (Å²) in [6.45, 7) is 0.0331. The molecule has 0 saturated carbocycles. The lowest BCUT2D eigenvalue weighted by Crippen LogP contribution is -2.01. The van der Waals surface area contributed by atoms with Crippen LogP contribution in [0.15, 0.2) is 18.2 Å². The van der Waals surface area contributed by atoms with E-state index in [0.717, 1.165) is 0 Å². The highest BCUT2D eigenvalue weighted by atomic mass is 16.6. The third-order valence-electron chi connectivity index (χ3n) is 1.55. The van der Waals surface area contributed by atoms with Gasteiger partial charge in [0.25, 0.3) is 5.69 Å². The molecule has 0 saturated heterocycles. The van der Waals surface area contributed by atoms with Crippen LogP contribution < -0.4 is 10.5 Å². The summed E-state index contributed by atoms with van der Waals surface area (Å²) in [5.41, 5.74) is 5.30. The van der Waals surface area contributed by atoms with Gasteiger partial charge in [-0.15, -0.1) is 6.42 Å². The monoisotopic (exact) mass is 192 g/mol. The van der Waals surface area contributed by atoms with Crippen LogP contribution in [-0.4, -0.2) is 11.5 Å². The number of benzene rings is 1. The van der Waals surface area contributed by atoms with Gasteiger partial charge in [0.1, 0.15) is 6.61 Å². The van der Waals surface area contributed by atoms with Crippen LogP contribution in [0.3, 0.4) is 0 Å². The van der Waals surface area contributed by atoms with Crippen LogP contribution in [0.2, 0.25) is 0 Å². The number of hydrogen-bond donors (Lipinski definition) is 1.